The van der Waals surface area contributed by atoms with Crippen LogP contribution in [-0.4, -0.2) is 53.6 Å². The van der Waals surface area contributed by atoms with E-state index in [1.807, 2.05) is 45.0 Å². The molecule has 6 heteroatoms. The van der Waals surface area contributed by atoms with Gasteiger partial charge in [0, 0.05) is 36.2 Å². The Kier molecular flexibility index (Phi) is 5.68. The average Bonchev–Trinajstić information content (AvgIpc) is 2.71. The second kappa shape index (κ2) is 7.34. The molecule has 1 aromatic carbocycles. The van der Waals surface area contributed by atoms with Crippen LogP contribution in [0, 0.1) is 0 Å². The molecule has 1 aliphatic rings. The lowest BCUT2D eigenvalue weighted by Gasteiger charge is -2.26. The molecule has 1 fully saturated rings. The van der Waals surface area contributed by atoms with Crippen molar-refractivity contribution in [2.24, 2.45) is 0 Å². The van der Waals surface area contributed by atoms with Crippen LogP contribution in [0.4, 0.5) is 4.79 Å². The van der Waals surface area contributed by atoms with Gasteiger partial charge in [-0.05, 0) is 51.5 Å². The summed E-state index contributed by atoms with van der Waals surface area (Å²) >= 11 is 3.37. The van der Waals surface area contributed by atoms with Gasteiger partial charge in [-0.15, -0.1) is 0 Å². The highest BCUT2D eigenvalue weighted by Crippen LogP contribution is 2.15. The second-order valence-corrected chi connectivity index (χ2v) is 7.54. The van der Waals surface area contributed by atoms with Crippen molar-refractivity contribution in [3.05, 3.63) is 34.3 Å². The van der Waals surface area contributed by atoms with Gasteiger partial charge in [0.15, 0.2) is 0 Å². The van der Waals surface area contributed by atoms with Crippen LogP contribution < -0.4 is 0 Å². The maximum atomic E-state index is 12.5. The molecule has 0 spiro atoms. The fraction of sp³-hybridized carbons (Fsp3) is 0.529. The quantitative estimate of drug-likeness (QED) is 0.746. The normalized spacial score (nSPS) is 16.0. The molecule has 0 atom stereocenters. The monoisotopic (exact) mass is 382 g/mol. The summed E-state index contributed by atoms with van der Waals surface area (Å²) in [5.74, 6) is 0.00328. The van der Waals surface area contributed by atoms with Crippen LogP contribution in [0.25, 0.3) is 0 Å². The third-order valence-corrected chi connectivity index (χ3v) is 4.05. The minimum atomic E-state index is -0.504. The van der Waals surface area contributed by atoms with Gasteiger partial charge < -0.3 is 14.5 Å². The predicted octanol–water partition coefficient (Wildman–Crippen LogP) is 3.53. The Bertz CT molecular complexity index is 566. The van der Waals surface area contributed by atoms with Crippen molar-refractivity contribution in [3.63, 3.8) is 0 Å². The van der Waals surface area contributed by atoms with Crippen molar-refractivity contribution in [1.82, 2.24) is 9.80 Å². The molecule has 23 heavy (non-hydrogen) atoms. The number of hydrogen-bond acceptors (Lipinski definition) is 3. The van der Waals surface area contributed by atoms with Gasteiger partial charge in [-0.25, -0.2) is 4.79 Å². The molecule has 5 nitrogen and oxygen atoms in total. The lowest BCUT2D eigenvalue weighted by atomic mass is 10.2. The van der Waals surface area contributed by atoms with E-state index < -0.39 is 5.60 Å². The van der Waals surface area contributed by atoms with E-state index in [4.69, 9.17) is 4.74 Å². The molecule has 1 aliphatic heterocycles. The number of hydrogen-bond donors (Lipinski definition) is 0. The van der Waals surface area contributed by atoms with Crippen molar-refractivity contribution in [2.45, 2.75) is 32.8 Å². The first-order valence-electron chi connectivity index (χ1n) is 7.79. The molecule has 1 heterocycles. The Morgan fingerprint density at radius 3 is 2.17 bits per heavy atom. The zero-order chi connectivity index (χ0) is 17.0. The average molecular weight is 383 g/mol. The first-order valence-corrected chi connectivity index (χ1v) is 8.58. The minimum Gasteiger partial charge on any atom is -0.444 e. The van der Waals surface area contributed by atoms with Crippen molar-refractivity contribution in [2.75, 3.05) is 26.2 Å². The zero-order valence-corrected chi connectivity index (χ0v) is 15.4. The lowest BCUT2D eigenvalue weighted by molar-refractivity contribution is 0.0255. The smallest absolute Gasteiger partial charge is 0.410 e. The molecule has 0 bridgehead atoms. The Morgan fingerprint density at radius 1 is 1.00 bits per heavy atom. The molecule has 1 saturated heterocycles. The highest BCUT2D eigenvalue weighted by molar-refractivity contribution is 9.10. The fourth-order valence-electron chi connectivity index (χ4n) is 2.40. The third-order valence-electron chi connectivity index (χ3n) is 3.53. The summed E-state index contributed by atoms with van der Waals surface area (Å²) in [6.07, 6.45) is 0.442. The van der Waals surface area contributed by atoms with E-state index in [1.165, 1.54) is 0 Å². The van der Waals surface area contributed by atoms with Crippen LogP contribution in [-0.2, 0) is 4.74 Å². The standard InChI is InChI=1S/C17H23BrN2O3/c1-17(2,3)23-16(22)20-10-4-9-19(11-12-20)15(21)13-5-7-14(18)8-6-13/h5-8H,4,9-12H2,1-3H3. The SMILES string of the molecule is CC(C)(C)OC(=O)N1CCCN(C(=O)c2ccc(Br)cc2)CC1. The molecule has 1 aromatic rings. The second-order valence-electron chi connectivity index (χ2n) is 6.62. The Labute approximate surface area is 145 Å². The van der Waals surface area contributed by atoms with E-state index in [-0.39, 0.29) is 12.0 Å². The van der Waals surface area contributed by atoms with E-state index >= 15 is 0 Å². The summed E-state index contributed by atoms with van der Waals surface area (Å²) in [5.41, 5.74) is 0.162. The first kappa shape index (κ1) is 17.8. The van der Waals surface area contributed by atoms with Gasteiger partial charge >= 0.3 is 6.09 Å². The van der Waals surface area contributed by atoms with Crippen LogP contribution in [0.2, 0.25) is 0 Å². The Hall–Kier alpha value is -1.56. The molecular formula is C17H23BrN2O3. The van der Waals surface area contributed by atoms with Gasteiger partial charge in [-0.3, -0.25) is 4.79 Å². The summed E-state index contributed by atoms with van der Waals surface area (Å²) in [5, 5.41) is 0. The Balaban J connectivity index is 1.97. The molecule has 0 N–H and O–H groups in total. The van der Waals surface area contributed by atoms with E-state index in [9.17, 15) is 9.59 Å². The van der Waals surface area contributed by atoms with Crippen molar-refractivity contribution < 1.29 is 14.3 Å². The van der Waals surface area contributed by atoms with Gasteiger partial charge in [0.1, 0.15) is 5.60 Å². The Morgan fingerprint density at radius 2 is 1.57 bits per heavy atom. The van der Waals surface area contributed by atoms with Gasteiger partial charge in [0.05, 0.1) is 0 Å². The van der Waals surface area contributed by atoms with Crippen molar-refractivity contribution in [1.29, 1.82) is 0 Å². The minimum absolute atomic E-state index is 0.00328. The van der Waals surface area contributed by atoms with Crippen molar-refractivity contribution in [3.8, 4) is 0 Å². The largest absolute Gasteiger partial charge is 0.444 e. The maximum absolute atomic E-state index is 12.5. The highest BCUT2D eigenvalue weighted by atomic mass is 79.9. The maximum Gasteiger partial charge on any atom is 0.410 e. The molecule has 2 amide bonds. The number of nitrogens with zero attached hydrogens (tertiary/aromatic N) is 2. The number of amides is 2. The fourth-order valence-corrected chi connectivity index (χ4v) is 2.67. The van der Waals surface area contributed by atoms with E-state index in [2.05, 4.69) is 15.9 Å². The molecule has 0 unspecified atom stereocenters. The summed E-state index contributed by atoms with van der Waals surface area (Å²) in [6, 6.07) is 7.34. The van der Waals surface area contributed by atoms with Gasteiger partial charge in [-0.1, -0.05) is 15.9 Å². The predicted molar refractivity (Wildman–Crippen MR) is 92.5 cm³/mol. The lowest BCUT2D eigenvalue weighted by Crippen LogP contribution is -2.40. The van der Waals surface area contributed by atoms with E-state index in [0.717, 1.165) is 10.9 Å². The molecule has 2 rings (SSSR count). The van der Waals surface area contributed by atoms with Crippen LogP contribution in [0.1, 0.15) is 37.6 Å². The number of halogens is 1. The number of benzene rings is 1. The molecular weight excluding hydrogens is 360 g/mol. The van der Waals surface area contributed by atoms with Crippen LogP contribution >= 0.6 is 15.9 Å². The van der Waals surface area contributed by atoms with Crippen LogP contribution in [0.3, 0.4) is 0 Å². The van der Waals surface area contributed by atoms with E-state index in [0.29, 0.717) is 31.7 Å². The summed E-state index contributed by atoms with van der Waals surface area (Å²) in [7, 11) is 0. The van der Waals surface area contributed by atoms with Gasteiger partial charge in [0.2, 0.25) is 0 Å². The zero-order valence-electron chi connectivity index (χ0n) is 13.8. The third kappa shape index (κ3) is 5.23. The first-order chi connectivity index (χ1) is 10.8. The summed E-state index contributed by atoms with van der Waals surface area (Å²) < 4.78 is 6.35. The number of carbonyl (C=O) groups is 2. The highest BCUT2D eigenvalue weighted by Gasteiger charge is 2.26. The summed E-state index contributed by atoms with van der Waals surface area (Å²) in [6.45, 7) is 7.84. The van der Waals surface area contributed by atoms with Gasteiger partial charge in [0.25, 0.3) is 5.91 Å². The number of ether oxygens (including phenoxy) is 1. The molecule has 0 aliphatic carbocycles. The van der Waals surface area contributed by atoms with Crippen LogP contribution in [0.15, 0.2) is 28.7 Å². The summed E-state index contributed by atoms with van der Waals surface area (Å²) in [4.78, 5) is 28.2. The molecule has 0 aromatic heterocycles. The van der Waals surface area contributed by atoms with E-state index in [1.54, 1.807) is 9.80 Å². The molecule has 0 radical (unpaired) electrons. The van der Waals surface area contributed by atoms with Gasteiger partial charge in [-0.2, -0.15) is 0 Å². The number of carbonyl (C=O) groups excluding carboxylic acids is 2. The van der Waals surface area contributed by atoms with Crippen molar-refractivity contribution >= 4 is 27.9 Å². The topological polar surface area (TPSA) is 49.9 Å². The molecule has 126 valence electrons. The number of rotatable bonds is 1. The van der Waals surface area contributed by atoms with Crippen LogP contribution in [0.5, 0.6) is 0 Å². The molecule has 0 saturated carbocycles.